The lowest BCUT2D eigenvalue weighted by molar-refractivity contribution is 0.0768. The Labute approximate surface area is 86.6 Å². The third-order valence-corrected chi connectivity index (χ3v) is 2.10. The molecule has 0 aromatic carbocycles. The van der Waals surface area contributed by atoms with Crippen LogP contribution in [-0.2, 0) is 9.47 Å². The smallest absolute Gasteiger partial charge is 0.115 e. The van der Waals surface area contributed by atoms with E-state index in [-0.39, 0.29) is 0 Å². The fourth-order valence-electron chi connectivity index (χ4n) is 1.26. The normalized spacial score (nSPS) is 15.4. The molecule has 1 aliphatic rings. The lowest BCUT2D eigenvalue weighted by atomic mass is 10.2. The quantitative estimate of drug-likeness (QED) is 0.583. The Hall–Kier alpha value is -0.760. The first-order valence-electron chi connectivity index (χ1n) is 5.50. The average Bonchev–Trinajstić information content (AvgIpc) is 2.25. The maximum Gasteiger partial charge on any atom is 0.115 e. The van der Waals surface area contributed by atoms with Crippen molar-refractivity contribution in [1.82, 2.24) is 0 Å². The van der Waals surface area contributed by atoms with Crippen LogP contribution >= 0.6 is 0 Å². The lowest BCUT2D eigenvalue weighted by Gasteiger charge is -2.09. The second-order valence-corrected chi connectivity index (χ2v) is 3.40. The van der Waals surface area contributed by atoms with Crippen LogP contribution in [0.3, 0.4) is 0 Å². The Morgan fingerprint density at radius 3 is 2.86 bits per heavy atom. The van der Waals surface area contributed by atoms with Gasteiger partial charge in [-0.1, -0.05) is 19.4 Å². The van der Waals surface area contributed by atoms with Gasteiger partial charge >= 0.3 is 0 Å². The van der Waals surface area contributed by atoms with Gasteiger partial charge in [0.15, 0.2) is 0 Å². The topological polar surface area (TPSA) is 18.5 Å². The third kappa shape index (κ3) is 5.07. The van der Waals surface area contributed by atoms with Gasteiger partial charge in [0.2, 0.25) is 0 Å². The third-order valence-electron chi connectivity index (χ3n) is 2.10. The van der Waals surface area contributed by atoms with Gasteiger partial charge in [0.25, 0.3) is 0 Å². The highest BCUT2D eigenvalue weighted by Gasteiger charge is 1.97. The minimum Gasteiger partial charge on any atom is -0.492 e. The summed E-state index contributed by atoms with van der Waals surface area (Å²) in [6, 6.07) is 0. The fraction of sp³-hybridized carbons (Fsp3) is 0.667. The number of hydrogen-bond donors (Lipinski definition) is 0. The number of unbranched alkanes of at least 4 members (excludes halogenated alkanes) is 1. The zero-order valence-electron chi connectivity index (χ0n) is 9.00. The van der Waals surface area contributed by atoms with Gasteiger partial charge in [0.1, 0.15) is 12.4 Å². The van der Waals surface area contributed by atoms with Crippen molar-refractivity contribution in [2.75, 3.05) is 19.8 Å². The molecule has 0 radical (unpaired) electrons. The molecule has 0 unspecified atom stereocenters. The van der Waals surface area contributed by atoms with E-state index in [0.717, 1.165) is 31.6 Å². The van der Waals surface area contributed by atoms with Gasteiger partial charge in [0, 0.05) is 6.61 Å². The summed E-state index contributed by atoms with van der Waals surface area (Å²) < 4.78 is 10.9. The van der Waals surface area contributed by atoms with Crippen LogP contribution in [-0.4, -0.2) is 19.8 Å². The van der Waals surface area contributed by atoms with E-state index in [2.05, 4.69) is 19.1 Å². The first-order chi connectivity index (χ1) is 6.93. The SMILES string of the molecule is CCCCOCCOC1=CCCC=C1. The van der Waals surface area contributed by atoms with Crippen molar-refractivity contribution in [1.29, 1.82) is 0 Å². The molecule has 0 N–H and O–H groups in total. The number of hydrogen-bond acceptors (Lipinski definition) is 2. The molecule has 2 nitrogen and oxygen atoms in total. The van der Waals surface area contributed by atoms with Crippen molar-refractivity contribution in [2.24, 2.45) is 0 Å². The van der Waals surface area contributed by atoms with E-state index in [1.807, 2.05) is 6.08 Å². The van der Waals surface area contributed by atoms with Gasteiger partial charge in [-0.2, -0.15) is 0 Å². The second-order valence-electron chi connectivity index (χ2n) is 3.40. The summed E-state index contributed by atoms with van der Waals surface area (Å²) >= 11 is 0. The van der Waals surface area contributed by atoms with E-state index in [1.165, 1.54) is 6.42 Å². The Morgan fingerprint density at radius 2 is 2.14 bits per heavy atom. The predicted molar refractivity (Wildman–Crippen MR) is 58.1 cm³/mol. The van der Waals surface area contributed by atoms with E-state index in [1.54, 1.807) is 0 Å². The maximum absolute atomic E-state index is 5.51. The van der Waals surface area contributed by atoms with E-state index < -0.39 is 0 Å². The first-order valence-corrected chi connectivity index (χ1v) is 5.50. The molecule has 2 heteroatoms. The molecule has 0 saturated heterocycles. The van der Waals surface area contributed by atoms with E-state index in [0.29, 0.717) is 13.2 Å². The monoisotopic (exact) mass is 196 g/mol. The summed E-state index contributed by atoms with van der Waals surface area (Å²) in [5, 5.41) is 0. The van der Waals surface area contributed by atoms with Gasteiger partial charge in [-0.25, -0.2) is 0 Å². The van der Waals surface area contributed by atoms with Crippen LogP contribution in [0, 0.1) is 0 Å². The molecule has 0 bridgehead atoms. The van der Waals surface area contributed by atoms with Gasteiger partial charge in [0.05, 0.1) is 6.61 Å². The van der Waals surface area contributed by atoms with Crippen LogP contribution in [0.25, 0.3) is 0 Å². The Balaban J connectivity index is 1.93. The summed E-state index contributed by atoms with van der Waals surface area (Å²) in [6.45, 7) is 4.39. The summed E-state index contributed by atoms with van der Waals surface area (Å²) in [5.74, 6) is 0.996. The molecular formula is C12H20O2. The molecule has 0 atom stereocenters. The van der Waals surface area contributed by atoms with Crippen LogP contribution in [0.4, 0.5) is 0 Å². The van der Waals surface area contributed by atoms with Crippen LogP contribution in [0.2, 0.25) is 0 Å². The lowest BCUT2D eigenvalue weighted by Crippen LogP contribution is -2.05. The predicted octanol–water partition coefficient (Wildman–Crippen LogP) is 3.05. The van der Waals surface area contributed by atoms with Crippen molar-refractivity contribution in [3.63, 3.8) is 0 Å². The zero-order chi connectivity index (χ0) is 10.1. The summed E-state index contributed by atoms with van der Waals surface area (Å²) in [6.07, 6.45) is 10.9. The van der Waals surface area contributed by atoms with Crippen LogP contribution < -0.4 is 0 Å². The Bertz CT molecular complexity index is 194. The minimum atomic E-state index is 0.667. The largest absolute Gasteiger partial charge is 0.492 e. The zero-order valence-corrected chi connectivity index (χ0v) is 9.00. The Kier molecular flexibility index (Phi) is 6.16. The highest BCUT2D eigenvalue weighted by molar-refractivity contribution is 5.15. The van der Waals surface area contributed by atoms with Crippen LogP contribution in [0.5, 0.6) is 0 Å². The van der Waals surface area contributed by atoms with E-state index >= 15 is 0 Å². The van der Waals surface area contributed by atoms with Crippen LogP contribution in [0.1, 0.15) is 32.6 Å². The molecular weight excluding hydrogens is 176 g/mol. The number of rotatable bonds is 7. The van der Waals surface area contributed by atoms with Gasteiger partial charge < -0.3 is 9.47 Å². The highest BCUT2D eigenvalue weighted by Crippen LogP contribution is 2.10. The highest BCUT2D eigenvalue weighted by atomic mass is 16.5. The summed E-state index contributed by atoms with van der Waals surface area (Å²) in [5.41, 5.74) is 0. The summed E-state index contributed by atoms with van der Waals surface area (Å²) in [4.78, 5) is 0. The molecule has 14 heavy (non-hydrogen) atoms. The number of ether oxygens (including phenoxy) is 2. The van der Waals surface area contributed by atoms with Gasteiger partial charge in [-0.3, -0.25) is 0 Å². The van der Waals surface area contributed by atoms with Crippen molar-refractivity contribution in [2.45, 2.75) is 32.6 Å². The fourth-order valence-corrected chi connectivity index (χ4v) is 1.26. The van der Waals surface area contributed by atoms with Crippen molar-refractivity contribution in [3.05, 3.63) is 24.0 Å². The molecule has 0 heterocycles. The van der Waals surface area contributed by atoms with Crippen LogP contribution in [0.15, 0.2) is 24.0 Å². The van der Waals surface area contributed by atoms with Gasteiger partial charge in [-0.05, 0) is 31.4 Å². The molecule has 80 valence electrons. The van der Waals surface area contributed by atoms with E-state index in [9.17, 15) is 0 Å². The molecule has 0 aromatic rings. The van der Waals surface area contributed by atoms with Crippen molar-refractivity contribution >= 4 is 0 Å². The summed E-state index contributed by atoms with van der Waals surface area (Å²) in [7, 11) is 0. The van der Waals surface area contributed by atoms with Gasteiger partial charge in [-0.15, -0.1) is 0 Å². The number of allylic oxidation sites excluding steroid dienone is 3. The molecule has 0 amide bonds. The molecule has 1 aliphatic carbocycles. The molecule has 0 aliphatic heterocycles. The van der Waals surface area contributed by atoms with Crippen molar-refractivity contribution in [3.8, 4) is 0 Å². The first kappa shape index (κ1) is 11.3. The maximum atomic E-state index is 5.51. The van der Waals surface area contributed by atoms with Crippen molar-refractivity contribution < 1.29 is 9.47 Å². The van der Waals surface area contributed by atoms with E-state index in [4.69, 9.17) is 9.47 Å². The molecule has 0 aromatic heterocycles. The Morgan fingerprint density at radius 1 is 1.21 bits per heavy atom. The second kappa shape index (κ2) is 7.63. The molecule has 0 saturated carbocycles. The molecule has 0 spiro atoms. The molecule has 1 rings (SSSR count). The molecule has 0 fully saturated rings. The average molecular weight is 196 g/mol. The standard InChI is InChI=1S/C12H20O2/c1-2-3-9-13-10-11-14-12-7-5-4-6-8-12/h5,7-8H,2-4,6,9-11H2,1H3. The minimum absolute atomic E-state index is 0.667.